The maximum absolute atomic E-state index is 6.73. The lowest BCUT2D eigenvalue weighted by Crippen LogP contribution is -2.01. The quantitative estimate of drug-likeness (QED) is 0.171. The summed E-state index contributed by atoms with van der Waals surface area (Å²) in [6, 6.07) is 48.9. The number of oxazole rings is 1. The van der Waals surface area contributed by atoms with E-state index in [9.17, 15) is 0 Å². The van der Waals surface area contributed by atoms with E-state index in [4.69, 9.17) is 33.2 Å². The Morgan fingerprint density at radius 2 is 1.08 bits per heavy atom. The fraction of sp³-hybridized carbons (Fsp3) is 0. The molecule has 246 valence electrons. The molecule has 0 saturated heterocycles. The zero-order chi connectivity index (χ0) is 34.6. The van der Waals surface area contributed by atoms with Gasteiger partial charge < -0.3 is 13.3 Å². The molecule has 4 aromatic heterocycles. The summed E-state index contributed by atoms with van der Waals surface area (Å²) in [7, 11) is 0. The van der Waals surface area contributed by atoms with Gasteiger partial charge in [0.25, 0.3) is 0 Å². The maximum atomic E-state index is 6.73. The minimum Gasteiger partial charge on any atom is -0.456 e. The topological polar surface area (TPSA) is 91.0 Å². The van der Waals surface area contributed by atoms with Gasteiger partial charge >= 0.3 is 0 Å². The van der Waals surface area contributed by atoms with Gasteiger partial charge in [-0.15, -0.1) is 0 Å². The lowest BCUT2D eigenvalue weighted by molar-refractivity contribution is 0.623. The summed E-state index contributed by atoms with van der Waals surface area (Å²) in [4.78, 5) is 20.6. The fourth-order valence-electron chi connectivity index (χ4n) is 7.91. The Morgan fingerprint density at radius 3 is 1.98 bits per heavy atom. The Hall–Kier alpha value is -7.38. The lowest BCUT2D eigenvalue weighted by Gasteiger charge is -2.11. The summed E-state index contributed by atoms with van der Waals surface area (Å²) >= 11 is 0. The Bertz CT molecular complexity index is 3410. The van der Waals surface area contributed by atoms with Crippen LogP contribution in [0.1, 0.15) is 0 Å². The molecule has 0 spiro atoms. The highest BCUT2D eigenvalue weighted by molar-refractivity contribution is 6.32. The first-order valence-electron chi connectivity index (χ1n) is 17.5. The number of benzene rings is 8. The van der Waals surface area contributed by atoms with Gasteiger partial charge in [0, 0.05) is 49.0 Å². The highest BCUT2D eigenvalue weighted by Crippen LogP contribution is 2.46. The van der Waals surface area contributed by atoms with Gasteiger partial charge in [0.05, 0.1) is 5.56 Å². The van der Waals surface area contributed by atoms with E-state index >= 15 is 0 Å². The molecule has 0 aliphatic heterocycles. The van der Waals surface area contributed by atoms with Crippen molar-refractivity contribution in [3.05, 3.63) is 146 Å². The molecule has 0 amide bonds. The Balaban J connectivity index is 1.15. The van der Waals surface area contributed by atoms with Gasteiger partial charge in [0.2, 0.25) is 5.89 Å². The molecule has 7 nitrogen and oxygen atoms in total. The number of hydrogen-bond acceptors (Lipinski definition) is 7. The van der Waals surface area contributed by atoms with E-state index in [2.05, 4.69) is 54.6 Å². The molecule has 7 heteroatoms. The van der Waals surface area contributed by atoms with E-state index < -0.39 is 0 Å². The normalized spacial score (nSPS) is 12.2. The van der Waals surface area contributed by atoms with Gasteiger partial charge in [-0.1, -0.05) is 103 Å². The molecule has 8 aromatic carbocycles. The molecule has 12 aromatic rings. The van der Waals surface area contributed by atoms with E-state index in [0.29, 0.717) is 28.9 Å². The average molecular weight is 681 g/mol. The number of fused-ring (bicyclic) bond motifs is 7. The molecular weight excluding hydrogens is 657 g/mol. The highest BCUT2D eigenvalue weighted by Gasteiger charge is 2.25. The second kappa shape index (κ2) is 10.6. The number of para-hydroxylation sites is 1. The van der Waals surface area contributed by atoms with Crippen LogP contribution >= 0.6 is 0 Å². The van der Waals surface area contributed by atoms with Crippen molar-refractivity contribution in [1.82, 2.24) is 19.9 Å². The second-order valence-corrected chi connectivity index (χ2v) is 13.4. The van der Waals surface area contributed by atoms with Crippen LogP contribution in [-0.4, -0.2) is 19.9 Å². The predicted molar refractivity (Wildman–Crippen MR) is 210 cm³/mol. The Kier molecular flexibility index (Phi) is 5.65. The molecule has 0 atom stereocenters. The van der Waals surface area contributed by atoms with Gasteiger partial charge in [-0.2, -0.15) is 0 Å². The Labute approximate surface area is 300 Å². The minimum absolute atomic E-state index is 0.506. The standard InChI is InChI=1S/C46H24N4O3/c1-2-11-26(12-3-1)46-47-40-30-22-23-33(41-39(30)38-31(42(40)53-46)15-8-19-36(38)52-41)45-49-43(28-21-20-25-10-4-5-13-27(25)24-28)48-44(50-45)32-16-9-18-35-37(32)29-14-6-7-17-34(29)51-35/h1-24H. The van der Waals surface area contributed by atoms with Crippen molar-refractivity contribution in [2.45, 2.75) is 0 Å². The van der Waals surface area contributed by atoms with E-state index in [1.807, 2.05) is 91.0 Å². The number of nitrogens with zero attached hydrogens (tertiary/aromatic N) is 4. The summed E-state index contributed by atoms with van der Waals surface area (Å²) < 4.78 is 19.5. The fourth-order valence-corrected chi connectivity index (χ4v) is 7.91. The first-order valence-corrected chi connectivity index (χ1v) is 17.5. The number of aromatic nitrogens is 4. The zero-order valence-electron chi connectivity index (χ0n) is 27.9. The van der Waals surface area contributed by atoms with E-state index in [-0.39, 0.29) is 0 Å². The summed E-state index contributed by atoms with van der Waals surface area (Å²) in [5.41, 5.74) is 7.98. The summed E-state index contributed by atoms with van der Waals surface area (Å²) in [6.45, 7) is 0. The number of furan rings is 2. The highest BCUT2D eigenvalue weighted by atomic mass is 16.4. The van der Waals surface area contributed by atoms with Crippen LogP contribution in [0.25, 0.3) is 122 Å². The van der Waals surface area contributed by atoms with Crippen molar-refractivity contribution in [1.29, 1.82) is 0 Å². The molecular formula is C46H24N4O3. The third-order valence-corrected chi connectivity index (χ3v) is 10.3. The van der Waals surface area contributed by atoms with Gasteiger partial charge in [0.15, 0.2) is 23.1 Å². The van der Waals surface area contributed by atoms with Crippen LogP contribution in [0.15, 0.2) is 159 Å². The molecule has 0 aliphatic rings. The molecule has 0 aliphatic carbocycles. The van der Waals surface area contributed by atoms with Crippen LogP contribution in [0.2, 0.25) is 0 Å². The molecule has 0 saturated carbocycles. The van der Waals surface area contributed by atoms with Gasteiger partial charge in [-0.25, -0.2) is 19.9 Å². The van der Waals surface area contributed by atoms with Crippen LogP contribution in [0.3, 0.4) is 0 Å². The first kappa shape index (κ1) is 28.3. The third kappa shape index (κ3) is 4.10. The van der Waals surface area contributed by atoms with Crippen molar-refractivity contribution in [2.24, 2.45) is 0 Å². The summed E-state index contributed by atoms with van der Waals surface area (Å²) in [6.07, 6.45) is 0. The second-order valence-electron chi connectivity index (χ2n) is 13.4. The molecule has 0 unspecified atom stereocenters. The zero-order valence-corrected chi connectivity index (χ0v) is 27.9. The molecule has 4 heterocycles. The van der Waals surface area contributed by atoms with Crippen LogP contribution in [0, 0.1) is 0 Å². The predicted octanol–water partition coefficient (Wildman–Crippen LogP) is 12.2. The lowest BCUT2D eigenvalue weighted by atomic mass is 9.98. The SMILES string of the molecule is c1ccc(-c2nc3c4ccc(-c5nc(-c6ccc7ccccc7c6)nc(-c6cccc7oc8ccccc8c67)n5)c5oc6cccc(c3o2)c6c54)cc1. The van der Waals surface area contributed by atoms with Crippen molar-refractivity contribution >= 4 is 76.5 Å². The maximum Gasteiger partial charge on any atom is 0.227 e. The van der Waals surface area contributed by atoms with Crippen molar-refractivity contribution in [3.8, 4) is 45.6 Å². The van der Waals surface area contributed by atoms with Gasteiger partial charge in [-0.05, 0) is 53.2 Å². The molecule has 0 fully saturated rings. The van der Waals surface area contributed by atoms with E-state index in [1.165, 1.54) is 0 Å². The van der Waals surface area contributed by atoms with E-state index in [1.54, 1.807) is 0 Å². The molecule has 0 N–H and O–H groups in total. The van der Waals surface area contributed by atoms with Gasteiger partial charge in [-0.3, -0.25) is 0 Å². The van der Waals surface area contributed by atoms with Crippen molar-refractivity contribution in [3.63, 3.8) is 0 Å². The molecule has 0 bridgehead atoms. The number of hydrogen-bond donors (Lipinski definition) is 0. The number of rotatable bonds is 4. The first-order chi connectivity index (χ1) is 26.2. The minimum atomic E-state index is 0.506. The summed E-state index contributed by atoms with van der Waals surface area (Å²) in [5.74, 6) is 2.19. The Morgan fingerprint density at radius 1 is 0.358 bits per heavy atom. The van der Waals surface area contributed by atoms with Crippen molar-refractivity contribution < 1.29 is 13.3 Å². The summed E-state index contributed by atoms with van der Waals surface area (Å²) in [5, 5.41) is 8.06. The molecule has 0 radical (unpaired) electrons. The smallest absolute Gasteiger partial charge is 0.227 e. The average Bonchev–Trinajstić information content (AvgIpc) is 3.95. The largest absolute Gasteiger partial charge is 0.456 e. The third-order valence-electron chi connectivity index (χ3n) is 10.3. The molecule has 12 rings (SSSR count). The van der Waals surface area contributed by atoms with E-state index in [0.717, 1.165) is 93.2 Å². The van der Waals surface area contributed by atoms with Gasteiger partial charge in [0.1, 0.15) is 27.8 Å². The van der Waals surface area contributed by atoms with Crippen LogP contribution in [0.5, 0.6) is 0 Å². The van der Waals surface area contributed by atoms with Crippen LogP contribution in [0.4, 0.5) is 0 Å². The van der Waals surface area contributed by atoms with Crippen LogP contribution < -0.4 is 0 Å². The molecule has 53 heavy (non-hydrogen) atoms. The van der Waals surface area contributed by atoms with Crippen LogP contribution in [-0.2, 0) is 0 Å². The monoisotopic (exact) mass is 680 g/mol. The van der Waals surface area contributed by atoms with Crippen molar-refractivity contribution in [2.75, 3.05) is 0 Å².